The number of nitrogens with one attached hydrogen (secondary N) is 1. The quantitative estimate of drug-likeness (QED) is 0.688. The molecule has 0 aliphatic carbocycles. The number of hydrogen-bond donors (Lipinski definition) is 1. The van der Waals surface area contributed by atoms with E-state index in [1.807, 2.05) is 19.1 Å². The summed E-state index contributed by atoms with van der Waals surface area (Å²) in [5.74, 6) is 1.76. The van der Waals surface area contributed by atoms with Crippen molar-refractivity contribution in [1.29, 1.82) is 0 Å². The average molecular weight is 400 g/mol. The van der Waals surface area contributed by atoms with Gasteiger partial charge >= 0.3 is 0 Å². The summed E-state index contributed by atoms with van der Waals surface area (Å²) in [6.07, 6.45) is 0. The first-order valence-corrected chi connectivity index (χ1v) is 9.33. The minimum atomic E-state index is -0.234. The van der Waals surface area contributed by atoms with Crippen LogP contribution in [0.1, 0.15) is 12.5 Å². The number of carbonyl (C=O) groups is 1. The van der Waals surface area contributed by atoms with Gasteiger partial charge in [-0.2, -0.15) is 0 Å². The van der Waals surface area contributed by atoms with E-state index in [4.69, 9.17) is 32.7 Å². The standard InChI is InChI=1S/C18H19Cl2NO3S/c1-11(25-10-12-4-6-14(19)15(20)8-12)18(22)21-13-5-7-16(23-2)17(9-13)24-3/h4-9,11H,10H2,1-3H3,(H,21,22). The van der Waals surface area contributed by atoms with Crippen molar-refractivity contribution in [3.05, 3.63) is 52.0 Å². The monoisotopic (exact) mass is 399 g/mol. The van der Waals surface area contributed by atoms with Gasteiger partial charge in [-0.05, 0) is 36.8 Å². The van der Waals surface area contributed by atoms with Gasteiger partial charge in [-0.3, -0.25) is 4.79 Å². The molecule has 4 nitrogen and oxygen atoms in total. The van der Waals surface area contributed by atoms with Crippen LogP contribution in [0.5, 0.6) is 11.5 Å². The molecule has 1 atom stereocenters. The lowest BCUT2D eigenvalue weighted by molar-refractivity contribution is -0.115. The predicted octanol–water partition coefficient (Wildman–Crippen LogP) is 5.27. The summed E-state index contributed by atoms with van der Waals surface area (Å²) in [6, 6.07) is 10.7. The smallest absolute Gasteiger partial charge is 0.237 e. The van der Waals surface area contributed by atoms with E-state index in [2.05, 4.69) is 5.32 Å². The van der Waals surface area contributed by atoms with Crippen molar-refractivity contribution in [2.45, 2.75) is 17.9 Å². The van der Waals surface area contributed by atoms with Crippen molar-refractivity contribution in [3.63, 3.8) is 0 Å². The van der Waals surface area contributed by atoms with E-state index in [-0.39, 0.29) is 11.2 Å². The van der Waals surface area contributed by atoms with Crippen LogP contribution in [0.4, 0.5) is 5.69 Å². The van der Waals surface area contributed by atoms with Crippen molar-refractivity contribution in [2.24, 2.45) is 0 Å². The van der Waals surface area contributed by atoms with Gasteiger partial charge in [-0.1, -0.05) is 29.3 Å². The second-order valence-electron chi connectivity index (χ2n) is 5.26. The van der Waals surface area contributed by atoms with E-state index < -0.39 is 0 Å². The summed E-state index contributed by atoms with van der Waals surface area (Å²) < 4.78 is 10.4. The number of amides is 1. The maximum absolute atomic E-state index is 12.4. The normalized spacial score (nSPS) is 11.7. The van der Waals surface area contributed by atoms with Gasteiger partial charge in [-0.25, -0.2) is 0 Å². The first-order valence-electron chi connectivity index (χ1n) is 7.53. The van der Waals surface area contributed by atoms with Crippen LogP contribution in [-0.2, 0) is 10.5 Å². The molecule has 7 heteroatoms. The largest absolute Gasteiger partial charge is 0.493 e. The van der Waals surface area contributed by atoms with Crippen LogP contribution in [-0.4, -0.2) is 25.4 Å². The second kappa shape index (κ2) is 9.22. The van der Waals surface area contributed by atoms with Crippen LogP contribution in [0.2, 0.25) is 10.0 Å². The van der Waals surface area contributed by atoms with Gasteiger partial charge in [0.25, 0.3) is 0 Å². The van der Waals surface area contributed by atoms with Crippen molar-refractivity contribution >= 4 is 46.6 Å². The maximum atomic E-state index is 12.4. The highest BCUT2D eigenvalue weighted by atomic mass is 35.5. The summed E-state index contributed by atoms with van der Waals surface area (Å²) in [5.41, 5.74) is 1.68. The van der Waals surface area contributed by atoms with Gasteiger partial charge in [0, 0.05) is 17.5 Å². The lowest BCUT2D eigenvalue weighted by atomic mass is 10.2. The number of carbonyl (C=O) groups excluding carboxylic acids is 1. The van der Waals surface area contributed by atoms with Gasteiger partial charge in [0.2, 0.25) is 5.91 Å². The van der Waals surface area contributed by atoms with Crippen molar-refractivity contribution in [3.8, 4) is 11.5 Å². The Balaban J connectivity index is 1.94. The summed E-state index contributed by atoms with van der Waals surface area (Å²) in [5, 5.41) is 3.69. The molecule has 0 radical (unpaired) electrons. The molecule has 2 aromatic rings. The first-order chi connectivity index (χ1) is 11.9. The fourth-order valence-electron chi connectivity index (χ4n) is 2.08. The number of anilines is 1. The van der Waals surface area contributed by atoms with E-state index in [9.17, 15) is 4.79 Å². The molecule has 0 aliphatic rings. The molecule has 25 heavy (non-hydrogen) atoms. The summed E-state index contributed by atoms with van der Waals surface area (Å²) in [7, 11) is 3.12. The number of thioether (sulfide) groups is 1. The molecule has 2 rings (SSSR count). The molecular formula is C18H19Cl2NO3S. The Bertz CT molecular complexity index is 755. The second-order valence-corrected chi connectivity index (χ2v) is 7.40. The van der Waals surface area contributed by atoms with Gasteiger partial charge in [0.1, 0.15) is 0 Å². The zero-order valence-corrected chi connectivity index (χ0v) is 16.5. The molecular weight excluding hydrogens is 381 g/mol. The molecule has 0 aliphatic heterocycles. The van der Waals surface area contributed by atoms with E-state index in [0.29, 0.717) is 33.0 Å². The van der Waals surface area contributed by atoms with Gasteiger partial charge < -0.3 is 14.8 Å². The third kappa shape index (κ3) is 5.46. The third-order valence-electron chi connectivity index (χ3n) is 3.50. The van der Waals surface area contributed by atoms with Crippen molar-refractivity contribution < 1.29 is 14.3 Å². The molecule has 0 fully saturated rings. The van der Waals surface area contributed by atoms with E-state index in [0.717, 1.165) is 5.56 Å². The number of hydrogen-bond acceptors (Lipinski definition) is 4. The summed E-state index contributed by atoms with van der Waals surface area (Å²) >= 11 is 13.4. The molecule has 1 N–H and O–H groups in total. The predicted molar refractivity (Wildman–Crippen MR) is 105 cm³/mol. The third-order valence-corrected chi connectivity index (χ3v) is 5.46. The minimum Gasteiger partial charge on any atom is -0.493 e. The molecule has 1 unspecified atom stereocenters. The Morgan fingerprint density at radius 1 is 1.08 bits per heavy atom. The van der Waals surface area contributed by atoms with Gasteiger partial charge in [0.05, 0.1) is 29.5 Å². The minimum absolute atomic E-state index is 0.0859. The zero-order chi connectivity index (χ0) is 18.4. The lowest BCUT2D eigenvalue weighted by Gasteiger charge is -2.14. The van der Waals surface area contributed by atoms with Crippen LogP contribution >= 0.6 is 35.0 Å². The Kier molecular flexibility index (Phi) is 7.29. The van der Waals surface area contributed by atoms with E-state index >= 15 is 0 Å². The van der Waals surface area contributed by atoms with E-state index in [1.54, 1.807) is 38.5 Å². The Hall–Kier alpha value is -1.56. The zero-order valence-electron chi connectivity index (χ0n) is 14.1. The number of ether oxygens (including phenoxy) is 2. The summed E-state index contributed by atoms with van der Waals surface area (Å²) in [4.78, 5) is 12.4. The average Bonchev–Trinajstić information content (AvgIpc) is 2.62. The molecule has 0 aromatic heterocycles. The molecule has 0 bridgehead atoms. The highest BCUT2D eigenvalue weighted by Gasteiger charge is 2.15. The Morgan fingerprint density at radius 2 is 1.80 bits per heavy atom. The van der Waals surface area contributed by atoms with Crippen LogP contribution in [0.15, 0.2) is 36.4 Å². The van der Waals surface area contributed by atoms with Gasteiger partial charge in [0.15, 0.2) is 11.5 Å². The topological polar surface area (TPSA) is 47.6 Å². The molecule has 0 saturated carbocycles. The molecule has 0 saturated heterocycles. The fourth-order valence-corrected chi connectivity index (χ4v) is 3.24. The SMILES string of the molecule is COc1ccc(NC(=O)C(C)SCc2ccc(Cl)c(Cl)c2)cc1OC. The maximum Gasteiger partial charge on any atom is 0.237 e. The summed E-state index contributed by atoms with van der Waals surface area (Å²) in [6.45, 7) is 1.86. The lowest BCUT2D eigenvalue weighted by Crippen LogP contribution is -2.22. The highest BCUT2D eigenvalue weighted by Crippen LogP contribution is 2.30. The molecule has 0 heterocycles. The highest BCUT2D eigenvalue weighted by molar-refractivity contribution is 7.99. The van der Waals surface area contributed by atoms with Gasteiger partial charge in [-0.15, -0.1) is 11.8 Å². The van der Waals surface area contributed by atoms with Crippen molar-refractivity contribution in [1.82, 2.24) is 0 Å². The van der Waals surface area contributed by atoms with E-state index in [1.165, 1.54) is 11.8 Å². The Morgan fingerprint density at radius 3 is 2.44 bits per heavy atom. The number of halogens is 2. The van der Waals surface area contributed by atoms with Crippen molar-refractivity contribution in [2.75, 3.05) is 19.5 Å². The van der Waals surface area contributed by atoms with Crippen LogP contribution in [0.3, 0.4) is 0 Å². The number of benzene rings is 2. The van der Waals surface area contributed by atoms with Crippen LogP contribution in [0, 0.1) is 0 Å². The molecule has 1 amide bonds. The molecule has 0 spiro atoms. The van der Waals surface area contributed by atoms with Crippen LogP contribution < -0.4 is 14.8 Å². The number of methoxy groups -OCH3 is 2. The van der Waals surface area contributed by atoms with Crippen LogP contribution in [0.25, 0.3) is 0 Å². The molecule has 134 valence electrons. The number of rotatable bonds is 7. The fraction of sp³-hybridized carbons (Fsp3) is 0.278. The first kappa shape index (κ1) is 19.8. The molecule has 2 aromatic carbocycles. The Labute approximate surface area is 161 Å².